The molecule has 0 unspecified atom stereocenters. The van der Waals surface area contributed by atoms with Crippen LogP contribution in [0, 0.1) is 19.8 Å². The van der Waals surface area contributed by atoms with E-state index in [1.807, 2.05) is 25.1 Å². The third-order valence-corrected chi connectivity index (χ3v) is 6.82. The molecular formula is C23H26FN5O3. The number of hydrogen-bond donors (Lipinski definition) is 2. The Bertz CT molecular complexity index is 1200. The highest BCUT2D eigenvalue weighted by atomic mass is 19.1. The third kappa shape index (κ3) is 3.60. The SMILES string of the molecule is Cc1nc(-n2nc(F)c3cc(C)c(C4CCN(C(=O)O)CC4)cc32)cc([C@H]2C[C@H](O)C2)n1. The van der Waals surface area contributed by atoms with E-state index in [2.05, 4.69) is 15.1 Å². The number of hydrogen-bond acceptors (Lipinski definition) is 5. The van der Waals surface area contributed by atoms with Crippen molar-refractivity contribution in [1.82, 2.24) is 24.6 Å². The van der Waals surface area contributed by atoms with Gasteiger partial charge in [0.15, 0.2) is 5.82 Å². The molecule has 1 aromatic carbocycles. The van der Waals surface area contributed by atoms with Gasteiger partial charge in [-0.1, -0.05) is 0 Å². The van der Waals surface area contributed by atoms with Gasteiger partial charge in [0.25, 0.3) is 0 Å². The van der Waals surface area contributed by atoms with Crippen LogP contribution >= 0.6 is 0 Å². The normalized spacial score (nSPS) is 21.7. The topological polar surface area (TPSA) is 104 Å². The summed E-state index contributed by atoms with van der Waals surface area (Å²) < 4.78 is 16.3. The van der Waals surface area contributed by atoms with Crippen LogP contribution in [0.2, 0.25) is 0 Å². The Morgan fingerprint density at radius 2 is 1.81 bits per heavy atom. The Morgan fingerprint density at radius 3 is 2.47 bits per heavy atom. The maximum Gasteiger partial charge on any atom is 0.407 e. The molecule has 1 amide bonds. The molecule has 1 aliphatic heterocycles. The van der Waals surface area contributed by atoms with Crippen LogP contribution in [0.1, 0.15) is 60.2 Å². The van der Waals surface area contributed by atoms with Crippen molar-refractivity contribution in [2.24, 2.45) is 0 Å². The second kappa shape index (κ2) is 7.81. The molecule has 2 aliphatic rings. The zero-order chi connectivity index (χ0) is 22.6. The highest BCUT2D eigenvalue weighted by Gasteiger charge is 2.31. The van der Waals surface area contributed by atoms with Crippen molar-refractivity contribution in [2.75, 3.05) is 13.1 Å². The van der Waals surface area contributed by atoms with Crippen molar-refractivity contribution in [2.45, 2.75) is 57.5 Å². The van der Waals surface area contributed by atoms with E-state index in [-0.39, 0.29) is 17.9 Å². The van der Waals surface area contributed by atoms with E-state index in [0.29, 0.717) is 48.5 Å². The summed E-state index contributed by atoms with van der Waals surface area (Å²) in [6.07, 6.45) is 1.63. The van der Waals surface area contributed by atoms with Gasteiger partial charge in [0.05, 0.1) is 17.0 Å². The second-order valence-electron chi connectivity index (χ2n) is 8.99. The lowest BCUT2D eigenvalue weighted by atomic mass is 9.80. The number of aliphatic hydroxyl groups excluding tert-OH is 1. The maximum absolute atomic E-state index is 14.8. The van der Waals surface area contributed by atoms with Crippen LogP contribution in [0.5, 0.6) is 0 Å². The molecule has 5 rings (SSSR count). The summed E-state index contributed by atoms with van der Waals surface area (Å²) in [4.78, 5) is 21.7. The van der Waals surface area contributed by atoms with Gasteiger partial charge in [-0.3, -0.25) is 0 Å². The van der Waals surface area contributed by atoms with Crippen molar-refractivity contribution < 1.29 is 19.4 Å². The molecular weight excluding hydrogens is 413 g/mol. The summed E-state index contributed by atoms with van der Waals surface area (Å²) in [6, 6.07) is 5.64. The molecule has 1 aliphatic carbocycles. The first kappa shape index (κ1) is 20.8. The standard InChI is InChI=1S/C23H26FN5O3/c1-12-7-18-20(10-17(12)14-3-5-28(6-4-14)23(31)32)29(27-22(18)24)21-11-19(25-13(2)26-21)15-8-16(30)9-15/h7,10-11,14-16,30H,3-6,8-9H2,1-2H3,(H,31,32)/t15-,16-. The minimum atomic E-state index is -0.885. The number of rotatable bonds is 3. The predicted molar refractivity (Wildman–Crippen MR) is 116 cm³/mol. The van der Waals surface area contributed by atoms with Crippen molar-refractivity contribution in [3.8, 4) is 5.82 Å². The maximum atomic E-state index is 14.8. The number of nitrogens with zero attached hydrogens (tertiary/aromatic N) is 5. The van der Waals surface area contributed by atoms with Crippen LogP contribution in [0.4, 0.5) is 9.18 Å². The number of carbonyl (C=O) groups is 1. The van der Waals surface area contributed by atoms with Crippen molar-refractivity contribution in [3.05, 3.63) is 46.8 Å². The second-order valence-corrected chi connectivity index (χ2v) is 8.99. The average molecular weight is 439 g/mol. The number of amides is 1. The zero-order valence-electron chi connectivity index (χ0n) is 18.1. The monoisotopic (exact) mass is 439 g/mol. The summed E-state index contributed by atoms with van der Waals surface area (Å²) in [5.74, 6) is 0.928. The third-order valence-electron chi connectivity index (χ3n) is 6.82. The Morgan fingerprint density at radius 1 is 1.09 bits per heavy atom. The Kier molecular flexibility index (Phi) is 5.08. The molecule has 2 N–H and O–H groups in total. The fourth-order valence-electron chi connectivity index (χ4n) is 4.97. The number of aromatic nitrogens is 4. The van der Waals surface area contributed by atoms with E-state index in [9.17, 15) is 19.4 Å². The summed E-state index contributed by atoms with van der Waals surface area (Å²) in [5.41, 5.74) is 3.56. The van der Waals surface area contributed by atoms with Gasteiger partial charge in [-0.25, -0.2) is 19.4 Å². The Hall–Kier alpha value is -3.07. The minimum absolute atomic E-state index is 0.175. The molecule has 3 aromatic rings. The molecule has 2 aromatic heterocycles. The summed E-state index contributed by atoms with van der Waals surface area (Å²) in [7, 11) is 0. The van der Waals surface area contributed by atoms with Crippen LogP contribution < -0.4 is 0 Å². The van der Waals surface area contributed by atoms with Gasteiger partial charge in [0, 0.05) is 30.8 Å². The quantitative estimate of drug-likeness (QED) is 0.645. The van der Waals surface area contributed by atoms with E-state index < -0.39 is 12.0 Å². The van der Waals surface area contributed by atoms with E-state index >= 15 is 0 Å². The van der Waals surface area contributed by atoms with E-state index in [0.717, 1.165) is 29.7 Å². The van der Waals surface area contributed by atoms with Crippen LogP contribution in [-0.4, -0.2) is 60.1 Å². The molecule has 1 saturated heterocycles. The fourth-order valence-corrected chi connectivity index (χ4v) is 4.97. The number of halogens is 1. The van der Waals surface area contributed by atoms with Crippen molar-refractivity contribution in [1.29, 1.82) is 0 Å². The molecule has 0 bridgehead atoms. The first-order valence-electron chi connectivity index (χ1n) is 11.0. The van der Waals surface area contributed by atoms with Gasteiger partial charge in [0.1, 0.15) is 5.82 Å². The fraction of sp³-hybridized carbons (Fsp3) is 0.478. The van der Waals surface area contributed by atoms with Crippen LogP contribution in [0.3, 0.4) is 0 Å². The zero-order valence-corrected chi connectivity index (χ0v) is 18.1. The van der Waals surface area contributed by atoms with E-state index in [4.69, 9.17) is 0 Å². The first-order chi connectivity index (χ1) is 15.3. The molecule has 0 atom stereocenters. The highest BCUT2D eigenvalue weighted by Crippen LogP contribution is 2.37. The van der Waals surface area contributed by atoms with Gasteiger partial charge in [-0.05, 0) is 68.7 Å². The number of carboxylic acid groups (broad SMARTS) is 1. The van der Waals surface area contributed by atoms with Gasteiger partial charge in [-0.2, -0.15) is 4.39 Å². The lowest BCUT2D eigenvalue weighted by Gasteiger charge is -2.31. The molecule has 3 heterocycles. The molecule has 32 heavy (non-hydrogen) atoms. The molecule has 0 spiro atoms. The van der Waals surface area contributed by atoms with Crippen LogP contribution in [-0.2, 0) is 0 Å². The Balaban J connectivity index is 1.54. The van der Waals surface area contributed by atoms with E-state index in [1.165, 1.54) is 9.58 Å². The average Bonchev–Trinajstić information content (AvgIpc) is 3.06. The van der Waals surface area contributed by atoms with Crippen LogP contribution in [0.25, 0.3) is 16.7 Å². The lowest BCUT2D eigenvalue weighted by Crippen LogP contribution is -2.36. The predicted octanol–water partition coefficient (Wildman–Crippen LogP) is 3.67. The van der Waals surface area contributed by atoms with Gasteiger partial charge < -0.3 is 15.1 Å². The van der Waals surface area contributed by atoms with Crippen molar-refractivity contribution in [3.63, 3.8) is 0 Å². The summed E-state index contributed by atoms with van der Waals surface area (Å²) >= 11 is 0. The Labute approximate surface area is 184 Å². The molecule has 9 heteroatoms. The summed E-state index contributed by atoms with van der Waals surface area (Å²) in [5, 5.41) is 23.5. The number of aliphatic hydroxyl groups is 1. The largest absolute Gasteiger partial charge is 0.465 e. The molecule has 2 fully saturated rings. The summed E-state index contributed by atoms with van der Waals surface area (Å²) in [6.45, 7) is 4.75. The lowest BCUT2D eigenvalue weighted by molar-refractivity contribution is 0.0731. The molecule has 1 saturated carbocycles. The number of fused-ring (bicyclic) bond motifs is 1. The number of likely N-dealkylation sites (tertiary alicyclic amines) is 1. The number of aryl methyl sites for hydroxylation is 2. The first-order valence-corrected chi connectivity index (χ1v) is 11.0. The minimum Gasteiger partial charge on any atom is -0.465 e. The van der Waals surface area contributed by atoms with Crippen molar-refractivity contribution >= 4 is 17.0 Å². The van der Waals surface area contributed by atoms with Gasteiger partial charge in [-0.15, -0.1) is 5.10 Å². The highest BCUT2D eigenvalue weighted by molar-refractivity contribution is 5.82. The molecule has 0 radical (unpaired) electrons. The number of benzene rings is 1. The smallest absolute Gasteiger partial charge is 0.407 e. The molecule has 8 nitrogen and oxygen atoms in total. The number of piperidine rings is 1. The van der Waals surface area contributed by atoms with E-state index in [1.54, 1.807) is 6.92 Å². The van der Waals surface area contributed by atoms with Gasteiger partial charge in [0.2, 0.25) is 5.95 Å². The van der Waals surface area contributed by atoms with Crippen LogP contribution in [0.15, 0.2) is 18.2 Å². The molecule has 168 valence electrons. The van der Waals surface area contributed by atoms with Gasteiger partial charge >= 0.3 is 6.09 Å².